The Hall–Kier alpha value is -3.06. The largest absolute Gasteiger partial charge is 0.423 e. The van der Waals surface area contributed by atoms with E-state index in [0.717, 1.165) is 5.56 Å². The van der Waals surface area contributed by atoms with E-state index >= 15 is 0 Å². The predicted molar refractivity (Wildman–Crippen MR) is 112 cm³/mol. The van der Waals surface area contributed by atoms with Crippen molar-refractivity contribution in [2.24, 2.45) is 0 Å². The number of rotatable bonds is 2. The van der Waals surface area contributed by atoms with Crippen LogP contribution in [0.1, 0.15) is 35.1 Å². The van der Waals surface area contributed by atoms with Crippen molar-refractivity contribution in [2.75, 3.05) is 5.32 Å². The molecule has 0 aliphatic carbocycles. The number of carbonyl (C=O) groups excluding carboxylic acids is 2. The van der Waals surface area contributed by atoms with E-state index in [0.29, 0.717) is 22.2 Å². The van der Waals surface area contributed by atoms with Gasteiger partial charge in [-0.2, -0.15) is 0 Å². The molecular weight excluding hydrogens is 388 g/mol. The Kier molecular flexibility index (Phi) is 3.86. The van der Waals surface area contributed by atoms with Gasteiger partial charge in [0.25, 0.3) is 5.91 Å². The summed E-state index contributed by atoms with van der Waals surface area (Å²) >= 11 is 1.63. The van der Waals surface area contributed by atoms with Crippen LogP contribution in [-0.4, -0.2) is 27.5 Å². The fourth-order valence-electron chi connectivity index (χ4n) is 4.16. The molecule has 6 nitrogen and oxygen atoms in total. The Morgan fingerprint density at radius 3 is 2.72 bits per heavy atom. The van der Waals surface area contributed by atoms with Crippen LogP contribution in [0, 0.1) is 0 Å². The standard InChI is InChI=1S/C22H18N2O4S/c1-22(2)18(24-20(27)14-5-3-4-6-15(14)21(24)29-22)19(26)23-13-8-9-16-12(11-13)7-10-17(25)28-16/h3-11,18,21H,1-2H3,(H,23,26)/t18-,21-/m0/s1. The summed E-state index contributed by atoms with van der Waals surface area (Å²) in [5.41, 5.74) is 2.25. The minimum absolute atomic E-state index is 0.107. The lowest BCUT2D eigenvalue weighted by atomic mass is 10.0. The van der Waals surface area contributed by atoms with Crippen LogP contribution >= 0.6 is 11.8 Å². The minimum atomic E-state index is -0.609. The van der Waals surface area contributed by atoms with E-state index < -0.39 is 16.4 Å². The van der Waals surface area contributed by atoms with Crippen molar-refractivity contribution in [3.05, 3.63) is 76.1 Å². The Morgan fingerprint density at radius 1 is 1.10 bits per heavy atom. The molecule has 146 valence electrons. The van der Waals surface area contributed by atoms with Crippen LogP contribution in [0.3, 0.4) is 0 Å². The number of hydrogen-bond donors (Lipinski definition) is 1. The second kappa shape index (κ2) is 6.22. The summed E-state index contributed by atoms with van der Waals surface area (Å²) < 4.78 is 4.69. The molecule has 2 atom stereocenters. The molecule has 2 aliphatic heterocycles. The summed E-state index contributed by atoms with van der Waals surface area (Å²) in [4.78, 5) is 39.3. The van der Waals surface area contributed by atoms with Gasteiger partial charge < -0.3 is 14.6 Å². The number of anilines is 1. The average Bonchev–Trinajstić information content (AvgIpc) is 3.11. The summed E-state index contributed by atoms with van der Waals surface area (Å²) in [6.07, 6.45) is 0. The maximum Gasteiger partial charge on any atom is 0.336 e. The number of thioether (sulfide) groups is 1. The van der Waals surface area contributed by atoms with Crippen molar-refractivity contribution in [3.8, 4) is 0 Å². The van der Waals surface area contributed by atoms with Crippen LogP contribution in [0.5, 0.6) is 0 Å². The summed E-state index contributed by atoms with van der Waals surface area (Å²) in [7, 11) is 0. The smallest absolute Gasteiger partial charge is 0.336 e. The quantitative estimate of drug-likeness (QED) is 0.655. The Labute approximate surface area is 170 Å². The topological polar surface area (TPSA) is 79.6 Å². The Bertz CT molecular complexity index is 1230. The molecule has 0 saturated carbocycles. The molecule has 1 fully saturated rings. The number of nitrogens with zero attached hydrogens (tertiary/aromatic N) is 1. The summed E-state index contributed by atoms with van der Waals surface area (Å²) in [6.45, 7) is 3.98. The monoisotopic (exact) mass is 406 g/mol. The zero-order chi connectivity index (χ0) is 20.3. The number of hydrogen-bond acceptors (Lipinski definition) is 5. The molecule has 3 heterocycles. The van der Waals surface area contributed by atoms with Gasteiger partial charge in [-0.3, -0.25) is 9.59 Å². The normalized spacial score (nSPS) is 21.9. The first-order chi connectivity index (χ1) is 13.8. The highest BCUT2D eigenvalue weighted by Gasteiger charge is 2.57. The van der Waals surface area contributed by atoms with Crippen molar-refractivity contribution in [3.63, 3.8) is 0 Å². The molecular formula is C22H18N2O4S. The van der Waals surface area contributed by atoms with E-state index in [1.807, 2.05) is 38.1 Å². The lowest BCUT2D eigenvalue weighted by Crippen LogP contribution is -2.50. The fourth-order valence-corrected chi connectivity index (χ4v) is 5.75. The van der Waals surface area contributed by atoms with Crippen LogP contribution in [0.4, 0.5) is 5.69 Å². The van der Waals surface area contributed by atoms with Gasteiger partial charge in [0.1, 0.15) is 17.0 Å². The molecule has 2 amide bonds. The number of carbonyl (C=O) groups is 2. The maximum atomic E-state index is 13.3. The number of amides is 2. The first-order valence-electron chi connectivity index (χ1n) is 9.29. The zero-order valence-electron chi connectivity index (χ0n) is 15.8. The van der Waals surface area contributed by atoms with E-state index in [9.17, 15) is 14.4 Å². The zero-order valence-corrected chi connectivity index (χ0v) is 16.7. The van der Waals surface area contributed by atoms with E-state index in [1.54, 1.807) is 40.9 Å². The number of nitrogens with one attached hydrogen (secondary N) is 1. The fraction of sp³-hybridized carbons (Fsp3) is 0.227. The maximum absolute atomic E-state index is 13.3. The predicted octanol–water partition coefficient (Wildman–Crippen LogP) is 3.78. The molecule has 7 heteroatoms. The highest BCUT2D eigenvalue weighted by Crippen LogP contribution is 2.56. The summed E-state index contributed by atoms with van der Waals surface area (Å²) in [5, 5.41) is 3.50. The molecule has 0 spiro atoms. The molecule has 1 saturated heterocycles. The molecule has 2 aliphatic rings. The van der Waals surface area contributed by atoms with Gasteiger partial charge in [-0.25, -0.2) is 4.79 Å². The minimum Gasteiger partial charge on any atom is -0.423 e. The molecule has 0 bridgehead atoms. The lowest BCUT2D eigenvalue weighted by Gasteiger charge is -2.29. The molecule has 29 heavy (non-hydrogen) atoms. The van der Waals surface area contributed by atoms with E-state index in [4.69, 9.17) is 4.42 Å². The van der Waals surface area contributed by atoms with E-state index in [-0.39, 0.29) is 17.2 Å². The average molecular weight is 406 g/mol. The van der Waals surface area contributed by atoms with E-state index in [1.165, 1.54) is 6.07 Å². The van der Waals surface area contributed by atoms with E-state index in [2.05, 4.69) is 5.32 Å². The van der Waals surface area contributed by atoms with Crippen molar-refractivity contribution in [2.45, 2.75) is 30.0 Å². The SMILES string of the molecule is CC1(C)S[C@H]2c3ccccc3C(=O)N2[C@H]1C(=O)Nc1ccc2oc(=O)ccc2c1. The third kappa shape index (κ3) is 2.76. The van der Waals surface area contributed by atoms with Gasteiger partial charge in [0.15, 0.2) is 0 Å². The molecule has 0 radical (unpaired) electrons. The summed E-state index contributed by atoms with van der Waals surface area (Å²) in [5.74, 6) is -0.341. The van der Waals surface area contributed by atoms with Crippen molar-refractivity contribution in [1.82, 2.24) is 4.90 Å². The highest BCUT2D eigenvalue weighted by atomic mass is 32.2. The second-order valence-electron chi connectivity index (χ2n) is 7.77. The van der Waals surface area contributed by atoms with Crippen LogP contribution in [0.15, 0.2) is 63.8 Å². The van der Waals surface area contributed by atoms with Gasteiger partial charge in [0.05, 0.1) is 0 Å². The highest BCUT2D eigenvalue weighted by molar-refractivity contribution is 8.01. The molecule has 3 aromatic rings. The van der Waals surface area contributed by atoms with Crippen LogP contribution in [-0.2, 0) is 4.79 Å². The first-order valence-corrected chi connectivity index (χ1v) is 10.2. The van der Waals surface area contributed by atoms with Gasteiger partial charge in [-0.15, -0.1) is 11.8 Å². The molecule has 2 aromatic carbocycles. The third-order valence-electron chi connectivity index (χ3n) is 5.43. The van der Waals surface area contributed by atoms with Crippen molar-refractivity contribution < 1.29 is 14.0 Å². The van der Waals surface area contributed by atoms with Gasteiger partial charge in [-0.1, -0.05) is 18.2 Å². The van der Waals surface area contributed by atoms with Gasteiger partial charge in [-0.05, 0) is 49.7 Å². The molecule has 5 rings (SSSR count). The van der Waals surface area contributed by atoms with Crippen LogP contribution in [0.2, 0.25) is 0 Å². The first kappa shape index (κ1) is 18.0. The lowest BCUT2D eigenvalue weighted by molar-refractivity contribution is -0.121. The van der Waals surface area contributed by atoms with Crippen molar-refractivity contribution in [1.29, 1.82) is 0 Å². The molecule has 1 N–H and O–H groups in total. The molecule has 1 aromatic heterocycles. The van der Waals surface area contributed by atoms with Gasteiger partial charge in [0, 0.05) is 27.5 Å². The van der Waals surface area contributed by atoms with Crippen molar-refractivity contribution >= 4 is 40.2 Å². The van der Waals surface area contributed by atoms with Gasteiger partial charge >= 0.3 is 5.63 Å². The summed E-state index contributed by atoms with van der Waals surface area (Å²) in [6, 6.07) is 15.0. The number of fused-ring (bicyclic) bond motifs is 4. The Morgan fingerprint density at radius 2 is 1.90 bits per heavy atom. The van der Waals surface area contributed by atoms with Gasteiger partial charge in [0.2, 0.25) is 5.91 Å². The number of benzene rings is 2. The van der Waals surface area contributed by atoms with Crippen LogP contribution < -0.4 is 10.9 Å². The second-order valence-corrected chi connectivity index (χ2v) is 9.51. The molecule has 0 unspecified atom stereocenters. The third-order valence-corrected chi connectivity index (χ3v) is 6.97. The Balaban J connectivity index is 1.47. The van der Waals surface area contributed by atoms with Crippen LogP contribution in [0.25, 0.3) is 11.0 Å².